The molecule has 20 heavy (non-hydrogen) atoms. The summed E-state index contributed by atoms with van der Waals surface area (Å²) >= 11 is 1.32. The maximum absolute atomic E-state index is 12.8. The lowest BCUT2D eigenvalue weighted by molar-refractivity contribution is 0.0712. The Morgan fingerprint density at radius 2 is 2.10 bits per heavy atom. The highest BCUT2D eigenvalue weighted by molar-refractivity contribution is 7.17. The molecule has 4 nitrogen and oxygen atoms in total. The first-order valence-corrected chi connectivity index (χ1v) is 8.05. The maximum Gasteiger partial charge on any atom is 0.266 e. The quantitative estimate of drug-likeness (QED) is 0.865. The second-order valence-electron chi connectivity index (χ2n) is 7.61. The smallest absolute Gasteiger partial charge is 0.266 e. The van der Waals surface area contributed by atoms with Gasteiger partial charge in [0.2, 0.25) is 0 Å². The summed E-state index contributed by atoms with van der Waals surface area (Å²) in [4.78, 5) is 19.8. The van der Waals surface area contributed by atoms with E-state index >= 15 is 0 Å². The molecule has 1 aliphatic carbocycles. The van der Waals surface area contributed by atoms with E-state index in [1.165, 1.54) is 17.8 Å². The van der Waals surface area contributed by atoms with Crippen LogP contribution >= 0.6 is 11.3 Å². The molecule has 1 saturated heterocycles. The fourth-order valence-corrected chi connectivity index (χ4v) is 5.23. The lowest BCUT2D eigenvalue weighted by Gasteiger charge is -2.39. The highest BCUT2D eigenvalue weighted by Gasteiger charge is 2.51. The van der Waals surface area contributed by atoms with Crippen molar-refractivity contribution in [2.24, 2.45) is 10.8 Å². The van der Waals surface area contributed by atoms with Gasteiger partial charge in [0.05, 0.1) is 5.69 Å². The average Bonchev–Trinajstić information content (AvgIpc) is 2.73. The third-order valence-corrected chi connectivity index (χ3v) is 5.66. The standard InChI is InChI=1S/C15H23N3OS/c1-9-11(20-13(16)17-9)12(19)18-8-15(4)6-10(18)5-14(2,3)7-15/h10H,5-8H2,1-4H3,(H2,16,17). The second kappa shape index (κ2) is 4.20. The molecular weight excluding hydrogens is 270 g/mol. The SMILES string of the molecule is Cc1nc(N)sc1C(=O)N1CC2(C)CC1CC(C)(C)C2. The van der Waals surface area contributed by atoms with E-state index in [0.717, 1.165) is 30.0 Å². The number of aromatic nitrogens is 1. The molecule has 1 saturated carbocycles. The number of carbonyl (C=O) groups excluding carboxylic acids is 1. The van der Waals surface area contributed by atoms with Crippen molar-refractivity contribution in [2.45, 2.75) is 53.0 Å². The van der Waals surface area contributed by atoms with Crippen LogP contribution in [0.15, 0.2) is 0 Å². The van der Waals surface area contributed by atoms with Crippen LogP contribution in [-0.4, -0.2) is 28.4 Å². The number of aryl methyl sites for hydroxylation is 1. The number of hydrogen-bond donors (Lipinski definition) is 1. The largest absolute Gasteiger partial charge is 0.375 e. The van der Waals surface area contributed by atoms with Crippen molar-refractivity contribution >= 4 is 22.4 Å². The van der Waals surface area contributed by atoms with Crippen LogP contribution in [0.3, 0.4) is 0 Å². The molecule has 110 valence electrons. The first-order valence-electron chi connectivity index (χ1n) is 7.23. The van der Waals surface area contributed by atoms with Gasteiger partial charge in [0.25, 0.3) is 5.91 Å². The molecule has 2 atom stereocenters. The van der Waals surface area contributed by atoms with Gasteiger partial charge in [-0.3, -0.25) is 4.79 Å². The molecule has 2 aliphatic rings. The van der Waals surface area contributed by atoms with Crippen molar-refractivity contribution in [1.82, 2.24) is 9.88 Å². The lowest BCUT2D eigenvalue weighted by Crippen LogP contribution is -2.37. The van der Waals surface area contributed by atoms with E-state index in [4.69, 9.17) is 5.73 Å². The Kier molecular flexibility index (Phi) is 2.91. The zero-order valence-corrected chi connectivity index (χ0v) is 13.5. The van der Waals surface area contributed by atoms with Crippen LogP contribution in [0.5, 0.6) is 0 Å². The van der Waals surface area contributed by atoms with E-state index < -0.39 is 0 Å². The summed E-state index contributed by atoms with van der Waals surface area (Å²) < 4.78 is 0. The van der Waals surface area contributed by atoms with Gasteiger partial charge in [0.1, 0.15) is 4.88 Å². The fraction of sp³-hybridized carbons (Fsp3) is 0.733. The van der Waals surface area contributed by atoms with Crippen molar-refractivity contribution in [3.05, 3.63) is 10.6 Å². The number of nitrogen functional groups attached to an aromatic ring is 1. The van der Waals surface area contributed by atoms with Crippen LogP contribution in [0, 0.1) is 17.8 Å². The minimum absolute atomic E-state index is 0.128. The van der Waals surface area contributed by atoms with Gasteiger partial charge in [0, 0.05) is 12.6 Å². The number of hydrogen-bond acceptors (Lipinski definition) is 4. The summed E-state index contributed by atoms with van der Waals surface area (Å²) in [6, 6.07) is 0.374. The van der Waals surface area contributed by atoms with Gasteiger partial charge in [-0.15, -0.1) is 0 Å². The molecule has 1 aromatic heterocycles. The number of amides is 1. The van der Waals surface area contributed by atoms with Gasteiger partial charge in [-0.25, -0.2) is 4.98 Å². The fourth-order valence-electron chi connectivity index (χ4n) is 4.44. The predicted molar refractivity (Wildman–Crippen MR) is 81.8 cm³/mol. The van der Waals surface area contributed by atoms with E-state index in [-0.39, 0.29) is 11.3 Å². The van der Waals surface area contributed by atoms with E-state index in [1.54, 1.807) is 0 Å². The Balaban J connectivity index is 1.89. The topological polar surface area (TPSA) is 59.2 Å². The van der Waals surface area contributed by atoms with Crippen molar-refractivity contribution in [3.8, 4) is 0 Å². The minimum Gasteiger partial charge on any atom is -0.375 e. The molecule has 1 amide bonds. The first kappa shape index (κ1) is 13.9. The summed E-state index contributed by atoms with van der Waals surface area (Å²) in [5.74, 6) is 0.128. The average molecular weight is 293 g/mol. The highest BCUT2D eigenvalue weighted by Crippen LogP contribution is 2.52. The first-order chi connectivity index (χ1) is 9.19. The molecular formula is C15H23N3OS. The van der Waals surface area contributed by atoms with Gasteiger partial charge in [-0.2, -0.15) is 0 Å². The highest BCUT2D eigenvalue weighted by atomic mass is 32.1. The van der Waals surface area contributed by atoms with E-state index in [0.29, 0.717) is 16.6 Å². The molecule has 0 aromatic carbocycles. The molecule has 1 aliphatic heterocycles. The number of fused-ring (bicyclic) bond motifs is 2. The number of thiazole rings is 1. The number of rotatable bonds is 1. The molecule has 5 heteroatoms. The Labute approximate surface area is 124 Å². The van der Waals surface area contributed by atoms with Crippen LogP contribution in [0.2, 0.25) is 0 Å². The Hall–Kier alpha value is -1.10. The summed E-state index contributed by atoms with van der Waals surface area (Å²) in [5, 5.41) is 0.486. The number of nitrogens with two attached hydrogens (primary N) is 1. The summed E-state index contributed by atoms with van der Waals surface area (Å²) in [5.41, 5.74) is 7.09. The monoisotopic (exact) mass is 293 g/mol. The minimum atomic E-state index is 0.128. The van der Waals surface area contributed by atoms with Gasteiger partial charge >= 0.3 is 0 Å². The third-order valence-electron chi connectivity index (χ3n) is 4.68. The maximum atomic E-state index is 12.8. The number of likely N-dealkylation sites (tertiary alicyclic amines) is 1. The summed E-state index contributed by atoms with van der Waals surface area (Å²) in [6.07, 6.45) is 3.43. The van der Waals surface area contributed by atoms with Crippen molar-refractivity contribution < 1.29 is 4.79 Å². The molecule has 2 N–H and O–H groups in total. The molecule has 2 heterocycles. The van der Waals surface area contributed by atoms with Gasteiger partial charge in [-0.05, 0) is 37.0 Å². The molecule has 0 radical (unpaired) electrons. The van der Waals surface area contributed by atoms with Crippen LogP contribution in [0.25, 0.3) is 0 Å². The molecule has 1 aromatic rings. The van der Waals surface area contributed by atoms with Crippen LogP contribution in [0.1, 0.15) is 55.4 Å². The molecule has 2 unspecified atom stereocenters. The second-order valence-corrected chi connectivity index (χ2v) is 8.64. The molecule has 2 bridgehead atoms. The van der Waals surface area contributed by atoms with Crippen molar-refractivity contribution in [2.75, 3.05) is 12.3 Å². The summed E-state index contributed by atoms with van der Waals surface area (Å²) in [6.45, 7) is 9.70. The summed E-state index contributed by atoms with van der Waals surface area (Å²) in [7, 11) is 0. The zero-order valence-electron chi connectivity index (χ0n) is 12.7. The lowest BCUT2D eigenvalue weighted by atomic mass is 9.65. The normalized spacial score (nSPS) is 31.6. The Morgan fingerprint density at radius 3 is 2.70 bits per heavy atom. The Morgan fingerprint density at radius 1 is 1.40 bits per heavy atom. The van der Waals surface area contributed by atoms with E-state index in [9.17, 15) is 4.79 Å². The van der Waals surface area contributed by atoms with Crippen molar-refractivity contribution in [1.29, 1.82) is 0 Å². The van der Waals surface area contributed by atoms with Crippen molar-refractivity contribution in [3.63, 3.8) is 0 Å². The van der Waals surface area contributed by atoms with Gasteiger partial charge < -0.3 is 10.6 Å². The van der Waals surface area contributed by atoms with Gasteiger partial charge in [0.15, 0.2) is 5.13 Å². The molecule has 2 fully saturated rings. The molecule has 3 rings (SSSR count). The van der Waals surface area contributed by atoms with E-state index in [1.807, 2.05) is 6.92 Å². The van der Waals surface area contributed by atoms with Crippen LogP contribution in [-0.2, 0) is 0 Å². The van der Waals surface area contributed by atoms with Crippen LogP contribution < -0.4 is 5.73 Å². The molecule has 0 spiro atoms. The number of anilines is 1. The van der Waals surface area contributed by atoms with E-state index in [2.05, 4.69) is 30.7 Å². The number of carbonyl (C=O) groups is 1. The third kappa shape index (κ3) is 2.22. The predicted octanol–water partition coefficient (Wildman–Crippen LogP) is 3.07. The Bertz CT molecular complexity index is 565. The number of nitrogens with zero attached hydrogens (tertiary/aromatic N) is 2. The zero-order chi connectivity index (χ0) is 14.7. The van der Waals surface area contributed by atoms with Crippen LogP contribution in [0.4, 0.5) is 5.13 Å². The van der Waals surface area contributed by atoms with Gasteiger partial charge in [-0.1, -0.05) is 32.1 Å².